The van der Waals surface area contributed by atoms with Crippen LogP contribution in [-0.4, -0.2) is 24.3 Å². The van der Waals surface area contributed by atoms with E-state index in [9.17, 15) is 9.59 Å². The van der Waals surface area contributed by atoms with Gasteiger partial charge in [-0.15, -0.1) is 6.58 Å². The fourth-order valence-electron chi connectivity index (χ4n) is 0.975. The normalized spacial score (nSPS) is 24.3. The minimum absolute atomic E-state index is 0.107. The molecule has 0 bridgehead atoms. The second kappa shape index (κ2) is 4.16. The standard InChI is InChI=1S/C10H12O5/c1-4-5-8(11)13-6-10(3)7(2)14-9(12)15-10/h4H,1-2,5-6H2,3H3. The molecule has 1 saturated heterocycles. The number of carbonyl (C=O) groups is 2. The van der Waals surface area contributed by atoms with Crippen molar-refractivity contribution >= 4 is 12.1 Å². The second-order valence-electron chi connectivity index (χ2n) is 3.26. The average molecular weight is 212 g/mol. The third-order valence-corrected chi connectivity index (χ3v) is 1.92. The van der Waals surface area contributed by atoms with Crippen LogP contribution < -0.4 is 0 Å². The van der Waals surface area contributed by atoms with Crippen molar-refractivity contribution in [1.82, 2.24) is 0 Å². The topological polar surface area (TPSA) is 61.8 Å². The van der Waals surface area contributed by atoms with E-state index in [1.807, 2.05) is 0 Å². The van der Waals surface area contributed by atoms with E-state index in [0.717, 1.165) is 0 Å². The fraction of sp³-hybridized carbons (Fsp3) is 0.400. The smallest absolute Gasteiger partial charge is 0.461 e. The van der Waals surface area contributed by atoms with Gasteiger partial charge in [0.05, 0.1) is 6.42 Å². The number of rotatable bonds is 4. The van der Waals surface area contributed by atoms with Gasteiger partial charge in [0, 0.05) is 0 Å². The first-order chi connectivity index (χ1) is 6.98. The van der Waals surface area contributed by atoms with E-state index in [2.05, 4.69) is 17.9 Å². The molecule has 1 unspecified atom stereocenters. The highest BCUT2D eigenvalue weighted by Crippen LogP contribution is 2.29. The van der Waals surface area contributed by atoms with Crippen molar-refractivity contribution in [3.63, 3.8) is 0 Å². The Bertz CT molecular complexity index is 320. The van der Waals surface area contributed by atoms with Gasteiger partial charge in [-0.05, 0) is 6.92 Å². The molecule has 1 atom stereocenters. The molecule has 0 aromatic heterocycles. The lowest BCUT2D eigenvalue weighted by Gasteiger charge is -2.19. The van der Waals surface area contributed by atoms with Gasteiger partial charge in [-0.25, -0.2) is 4.79 Å². The van der Waals surface area contributed by atoms with E-state index in [0.29, 0.717) is 0 Å². The quantitative estimate of drug-likeness (QED) is 0.522. The van der Waals surface area contributed by atoms with Crippen LogP contribution in [0.3, 0.4) is 0 Å². The molecule has 0 amide bonds. The van der Waals surface area contributed by atoms with Crippen molar-refractivity contribution < 1.29 is 23.8 Å². The molecule has 0 saturated carbocycles. The predicted octanol–water partition coefficient (Wildman–Crippen LogP) is 1.54. The molecule has 1 aliphatic rings. The third kappa shape index (κ3) is 2.59. The van der Waals surface area contributed by atoms with Gasteiger partial charge in [-0.1, -0.05) is 12.7 Å². The molecule has 0 spiro atoms. The number of carbonyl (C=O) groups excluding carboxylic acids is 2. The van der Waals surface area contributed by atoms with E-state index in [1.165, 1.54) is 6.08 Å². The SMILES string of the molecule is C=CCC(=O)OCC1(C)OC(=O)OC1=C. The molecule has 0 radical (unpaired) electrons. The zero-order valence-electron chi connectivity index (χ0n) is 8.45. The van der Waals surface area contributed by atoms with Crippen LogP contribution in [0.5, 0.6) is 0 Å². The molecule has 0 aliphatic carbocycles. The number of hydrogen-bond acceptors (Lipinski definition) is 5. The summed E-state index contributed by atoms with van der Waals surface area (Å²) in [5, 5.41) is 0. The highest BCUT2D eigenvalue weighted by molar-refractivity contribution is 5.71. The van der Waals surface area contributed by atoms with E-state index in [1.54, 1.807) is 6.92 Å². The number of cyclic esters (lactones) is 2. The lowest BCUT2D eigenvalue weighted by molar-refractivity contribution is -0.147. The summed E-state index contributed by atoms with van der Waals surface area (Å²) in [6, 6.07) is 0. The van der Waals surface area contributed by atoms with Crippen molar-refractivity contribution in [1.29, 1.82) is 0 Å². The summed E-state index contributed by atoms with van der Waals surface area (Å²) in [6.07, 6.45) is 0.704. The molecule has 82 valence electrons. The van der Waals surface area contributed by atoms with Crippen molar-refractivity contribution in [2.24, 2.45) is 0 Å². The molecule has 15 heavy (non-hydrogen) atoms. The van der Waals surface area contributed by atoms with Crippen molar-refractivity contribution in [3.05, 3.63) is 25.0 Å². The van der Waals surface area contributed by atoms with Crippen LogP contribution in [-0.2, 0) is 19.0 Å². The minimum atomic E-state index is -1.09. The van der Waals surface area contributed by atoms with Crippen molar-refractivity contribution in [3.8, 4) is 0 Å². The summed E-state index contributed by atoms with van der Waals surface area (Å²) >= 11 is 0. The largest absolute Gasteiger partial charge is 0.514 e. The molecule has 1 aliphatic heterocycles. The molecule has 0 aromatic rings. The summed E-state index contributed by atoms with van der Waals surface area (Å²) in [7, 11) is 0. The molecule has 0 aromatic carbocycles. The van der Waals surface area contributed by atoms with E-state index in [4.69, 9.17) is 9.47 Å². The maximum absolute atomic E-state index is 11.0. The van der Waals surface area contributed by atoms with Gasteiger partial charge in [0.1, 0.15) is 6.61 Å². The first-order valence-corrected chi connectivity index (χ1v) is 4.34. The average Bonchev–Trinajstić information content (AvgIpc) is 2.39. The monoisotopic (exact) mass is 212 g/mol. The van der Waals surface area contributed by atoms with Gasteiger partial charge >= 0.3 is 12.1 Å². The van der Waals surface area contributed by atoms with Gasteiger partial charge in [-0.2, -0.15) is 0 Å². The Kier molecular flexibility index (Phi) is 3.14. The van der Waals surface area contributed by atoms with Crippen LogP contribution in [0.4, 0.5) is 4.79 Å². The summed E-state index contributed by atoms with van der Waals surface area (Å²) in [5.74, 6) is -0.305. The Hall–Kier alpha value is -1.78. The minimum Gasteiger partial charge on any atom is -0.461 e. The number of ether oxygens (including phenoxy) is 3. The summed E-state index contributed by atoms with van der Waals surface area (Å²) in [4.78, 5) is 21.8. The van der Waals surface area contributed by atoms with Crippen LogP contribution in [0, 0.1) is 0 Å². The van der Waals surface area contributed by atoms with Gasteiger partial charge in [0.15, 0.2) is 5.76 Å². The fourth-order valence-corrected chi connectivity index (χ4v) is 0.975. The lowest BCUT2D eigenvalue weighted by atomic mass is 10.1. The summed E-state index contributed by atoms with van der Waals surface area (Å²) in [6.45, 7) is 8.35. The van der Waals surface area contributed by atoms with Crippen molar-refractivity contribution in [2.45, 2.75) is 18.9 Å². The zero-order valence-corrected chi connectivity index (χ0v) is 8.45. The Morgan fingerprint density at radius 2 is 2.33 bits per heavy atom. The van der Waals surface area contributed by atoms with Crippen LogP contribution in [0.25, 0.3) is 0 Å². The van der Waals surface area contributed by atoms with Crippen molar-refractivity contribution in [2.75, 3.05) is 6.61 Å². The van der Waals surface area contributed by atoms with Crippen LogP contribution in [0.15, 0.2) is 25.0 Å². The predicted molar refractivity (Wildman–Crippen MR) is 50.9 cm³/mol. The summed E-state index contributed by atoms with van der Waals surface area (Å²) < 4.78 is 14.3. The van der Waals surface area contributed by atoms with Gasteiger partial charge in [0.25, 0.3) is 0 Å². The van der Waals surface area contributed by atoms with Crippen LogP contribution >= 0.6 is 0 Å². The highest BCUT2D eigenvalue weighted by atomic mass is 16.8. The lowest BCUT2D eigenvalue weighted by Crippen LogP contribution is -2.33. The Balaban J connectivity index is 2.50. The molecule has 1 fully saturated rings. The first kappa shape index (κ1) is 11.3. The Labute approximate surface area is 87.3 Å². The van der Waals surface area contributed by atoms with E-state index >= 15 is 0 Å². The number of hydrogen-bond donors (Lipinski definition) is 0. The second-order valence-corrected chi connectivity index (χ2v) is 3.26. The molecular formula is C10H12O5. The summed E-state index contributed by atoms with van der Waals surface area (Å²) in [5.41, 5.74) is -1.09. The molecule has 0 N–H and O–H groups in total. The molecule has 5 heteroatoms. The Morgan fingerprint density at radius 1 is 1.67 bits per heavy atom. The van der Waals surface area contributed by atoms with Crippen LogP contribution in [0.2, 0.25) is 0 Å². The van der Waals surface area contributed by atoms with E-state index < -0.39 is 17.7 Å². The van der Waals surface area contributed by atoms with Crippen LogP contribution in [0.1, 0.15) is 13.3 Å². The third-order valence-electron chi connectivity index (χ3n) is 1.92. The first-order valence-electron chi connectivity index (χ1n) is 4.34. The van der Waals surface area contributed by atoms with Gasteiger partial charge in [-0.3, -0.25) is 4.79 Å². The maximum atomic E-state index is 11.0. The maximum Gasteiger partial charge on any atom is 0.514 e. The van der Waals surface area contributed by atoms with Gasteiger partial charge < -0.3 is 14.2 Å². The molecular weight excluding hydrogens is 200 g/mol. The Morgan fingerprint density at radius 3 is 2.80 bits per heavy atom. The highest BCUT2D eigenvalue weighted by Gasteiger charge is 2.43. The van der Waals surface area contributed by atoms with E-state index in [-0.39, 0.29) is 18.8 Å². The number of esters is 1. The molecule has 5 nitrogen and oxygen atoms in total. The zero-order chi connectivity index (χ0) is 11.5. The van der Waals surface area contributed by atoms with Gasteiger partial charge in [0.2, 0.25) is 5.60 Å². The molecule has 1 heterocycles. The molecule has 1 rings (SSSR count).